The SMILES string of the molecule is CCN(C)[C@]1(c2ccccc2)CC[C@@]2(CC1)CN(c1cnc(C#N)nc1)C(=O)N2CC1(C#N)CCC1. The molecule has 1 aromatic heterocycles. The first-order chi connectivity index (χ1) is 17.4. The van der Waals surface area contributed by atoms with Gasteiger partial charge in [0, 0.05) is 12.1 Å². The van der Waals surface area contributed by atoms with Gasteiger partial charge in [-0.3, -0.25) is 9.80 Å². The number of urea groups is 1. The van der Waals surface area contributed by atoms with Crippen molar-refractivity contribution in [1.29, 1.82) is 10.5 Å². The Balaban J connectivity index is 1.49. The van der Waals surface area contributed by atoms with E-state index < -0.39 is 5.41 Å². The lowest BCUT2D eigenvalue weighted by Gasteiger charge is -2.53. The molecule has 8 nitrogen and oxygen atoms in total. The summed E-state index contributed by atoms with van der Waals surface area (Å²) in [5.41, 5.74) is 1.05. The van der Waals surface area contributed by atoms with Gasteiger partial charge in [-0.15, -0.1) is 0 Å². The highest BCUT2D eigenvalue weighted by atomic mass is 16.2. The molecule has 1 saturated heterocycles. The Labute approximate surface area is 213 Å². The van der Waals surface area contributed by atoms with Crippen molar-refractivity contribution in [1.82, 2.24) is 19.8 Å². The van der Waals surface area contributed by atoms with Crippen LogP contribution in [0.2, 0.25) is 0 Å². The molecule has 3 aliphatic rings. The van der Waals surface area contributed by atoms with E-state index in [9.17, 15) is 10.1 Å². The predicted octanol–water partition coefficient (Wildman–Crippen LogP) is 4.44. The van der Waals surface area contributed by atoms with Crippen LogP contribution in [0.25, 0.3) is 0 Å². The van der Waals surface area contributed by atoms with Crippen LogP contribution < -0.4 is 4.90 Å². The molecule has 3 fully saturated rings. The Hall–Kier alpha value is -3.49. The minimum atomic E-state index is -0.450. The standard InChI is InChI=1S/C28H33N7O/c1-3-33(2)28(22-8-5-4-6-9-22)14-12-27(13-15-28)21-34(23-17-31-24(16-29)32-18-23)25(36)35(27)20-26(19-30)10-7-11-26/h4-6,8-9,17-18H,3,7,10-15,20-21H2,1-2H3/t27-,28-. The number of aromatic nitrogens is 2. The smallest absolute Gasteiger partial charge is 0.315 e. The fourth-order valence-corrected chi connectivity index (χ4v) is 6.46. The monoisotopic (exact) mass is 483 g/mol. The Bertz CT molecular complexity index is 1190. The second kappa shape index (κ2) is 9.19. The summed E-state index contributed by atoms with van der Waals surface area (Å²) in [5, 5.41) is 19.1. The normalized spacial score (nSPS) is 27.1. The Morgan fingerprint density at radius 3 is 2.22 bits per heavy atom. The highest BCUT2D eigenvalue weighted by Gasteiger charge is 2.57. The lowest BCUT2D eigenvalue weighted by Crippen LogP contribution is -2.58. The van der Waals surface area contributed by atoms with Crippen molar-refractivity contribution in [2.24, 2.45) is 5.41 Å². The molecule has 0 radical (unpaired) electrons. The summed E-state index contributed by atoms with van der Waals surface area (Å²) in [6.07, 6.45) is 9.42. The molecule has 2 saturated carbocycles. The average molecular weight is 484 g/mol. The predicted molar refractivity (Wildman–Crippen MR) is 136 cm³/mol. The Morgan fingerprint density at radius 2 is 1.69 bits per heavy atom. The van der Waals surface area contributed by atoms with Gasteiger partial charge in [-0.25, -0.2) is 14.8 Å². The van der Waals surface area contributed by atoms with Crippen LogP contribution in [-0.2, 0) is 5.54 Å². The molecule has 5 rings (SSSR count). The fourth-order valence-electron chi connectivity index (χ4n) is 6.46. The van der Waals surface area contributed by atoms with Gasteiger partial charge >= 0.3 is 6.03 Å². The van der Waals surface area contributed by atoms with Crippen LogP contribution in [0.5, 0.6) is 0 Å². The van der Waals surface area contributed by atoms with E-state index in [1.807, 2.05) is 11.0 Å². The molecule has 2 aromatic rings. The summed E-state index contributed by atoms with van der Waals surface area (Å²) in [5.74, 6) is 0.0859. The van der Waals surface area contributed by atoms with Crippen LogP contribution in [0, 0.1) is 28.1 Å². The number of rotatable bonds is 6. The highest BCUT2D eigenvalue weighted by Crippen LogP contribution is 2.52. The Morgan fingerprint density at radius 1 is 1.03 bits per heavy atom. The van der Waals surface area contributed by atoms with E-state index in [0.717, 1.165) is 51.5 Å². The average Bonchev–Trinajstić information content (AvgIpc) is 3.17. The first-order valence-corrected chi connectivity index (χ1v) is 12.9. The van der Waals surface area contributed by atoms with Gasteiger partial charge in [0.2, 0.25) is 5.82 Å². The van der Waals surface area contributed by atoms with E-state index in [0.29, 0.717) is 18.8 Å². The van der Waals surface area contributed by atoms with Crippen molar-refractivity contribution in [2.75, 3.05) is 31.6 Å². The van der Waals surface area contributed by atoms with Crippen molar-refractivity contribution >= 4 is 11.7 Å². The number of nitriles is 2. The van der Waals surface area contributed by atoms with Gasteiger partial charge in [-0.2, -0.15) is 10.5 Å². The van der Waals surface area contributed by atoms with Gasteiger partial charge in [0.05, 0.1) is 41.6 Å². The van der Waals surface area contributed by atoms with Crippen LogP contribution in [0.3, 0.4) is 0 Å². The Kier molecular flexibility index (Phi) is 6.18. The molecule has 2 aliphatic carbocycles. The minimum absolute atomic E-state index is 0.0790. The van der Waals surface area contributed by atoms with E-state index in [2.05, 4.69) is 65.2 Å². The maximum atomic E-state index is 13.9. The van der Waals surface area contributed by atoms with E-state index >= 15 is 0 Å². The maximum absolute atomic E-state index is 13.9. The summed E-state index contributed by atoms with van der Waals surface area (Å²) in [7, 11) is 2.20. The molecular weight excluding hydrogens is 450 g/mol. The van der Waals surface area contributed by atoms with Gasteiger partial charge in [0.25, 0.3) is 0 Å². The zero-order valence-electron chi connectivity index (χ0n) is 21.2. The van der Waals surface area contributed by atoms with Crippen LogP contribution in [0.4, 0.5) is 10.5 Å². The lowest BCUT2D eigenvalue weighted by molar-refractivity contribution is 0.000798. The largest absolute Gasteiger partial charge is 0.325 e. The van der Waals surface area contributed by atoms with Crippen LogP contribution >= 0.6 is 0 Å². The summed E-state index contributed by atoms with van der Waals surface area (Å²) in [4.78, 5) is 28.3. The van der Waals surface area contributed by atoms with E-state index in [1.165, 1.54) is 5.56 Å². The fraction of sp³-hybridized carbons (Fsp3) is 0.536. The molecule has 36 heavy (non-hydrogen) atoms. The van der Waals surface area contributed by atoms with Crippen molar-refractivity contribution < 1.29 is 4.79 Å². The lowest BCUT2D eigenvalue weighted by atomic mass is 9.66. The zero-order chi connectivity index (χ0) is 25.4. The molecule has 0 N–H and O–H groups in total. The number of carbonyl (C=O) groups excluding carboxylic acids is 1. The summed E-state index contributed by atoms with van der Waals surface area (Å²) >= 11 is 0. The molecule has 0 unspecified atom stereocenters. The summed E-state index contributed by atoms with van der Waals surface area (Å²) < 4.78 is 0. The first-order valence-electron chi connectivity index (χ1n) is 12.9. The van der Waals surface area contributed by atoms with Gasteiger partial charge in [0.15, 0.2) is 0 Å². The van der Waals surface area contributed by atoms with Gasteiger partial charge in [-0.05, 0) is 57.7 Å². The van der Waals surface area contributed by atoms with Crippen molar-refractivity contribution in [3.8, 4) is 12.1 Å². The topological polar surface area (TPSA) is 100 Å². The summed E-state index contributed by atoms with van der Waals surface area (Å²) in [6, 6.07) is 15.1. The number of benzene rings is 1. The van der Waals surface area contributed by atoms with Gasteiger partial charge in [0.1, 0.15) is 6.07 Å². The second-order valence-corrected chi connectivity index (χ2v) is 10.7. The third kappa shape index (κ3) is 3.81. The third-order valence-electron chi connectivity index (χ3n) is 9.07. The zero-order valence-corrected chi connectivity index (χ0v) is 21.2. The molecule has 0 atom stereocenters. The van der Waals surface area contributed by atoms with Gasteiger partial charge < -0.3 is 4.90 Å². The first kappa shape index (κ1) is 24.2. The van der Waals surface area contributed by atoms with E-state index in [1.54, 1.807) is 17.3 Å². The number of anilines is 1. The van der Waals surface area contributed by atoms with E-state index in [-0.39, 0.29) is 22.9 Å². The molecule has 8 heteroatoms. The second-order valence-electron chi connectivity index (χ2n) is 10.7. The third-order valence-corrected chi connectivity index (χ3v) is 9.07. The molecule has 186 valence electrons. The number of hydrogen-bond acceptors (Lipinski definition) is 6. The van der Waals surface area contributed by atoms with Gasteiger partial charge in [-0.1, -0.05) is 43.7 Å². The van der Waals surface area contributed by atoms with E-state index in [4.69, 9.17) is 5.26 Å². The minimum Gasteiger partial charge on any atom is -0.315 e. The van der Waals surface area contributed by atoms with Crippen LogP contribution in [0.15, 0.2) is 42.7 Å². The van der Waals surface area contributed by atoms with Crippen molar-refractivity contribution in [3.05, 3.63) is 54.1 Å². The number of hydrogen-bond donors (Lipinski definition) is 0. The van der Waals surface area contributed by atoms with Crippen molar-refractivity contribution in [3.63, 3.8) is 0 Å². The number of carbonyl (C=O) groups is 1. The quantitative estimate of drug-likeness (QED) is 0.602. The summed E-state index contributed by atoms with van der Waals surface area (Å²) in [6.45, 7) is 4.15. The molecule has 1 aliphatic heterocycles. The molecule has 2 heterocycles. The van der Waals surface area contributed by atoms with Crippen LogP contribution in [0.1, 0.15) is 63.3 Å². The molecular formula is C28H33N7O. The molecule has 1 aromatic carbocycles. The molecule has 2 amide bonds. The maximum Gasteiger partial charge on any atom is 0.325 e. The molecule has 0 bridgehead atoms. The highest BCUT2D eigenvalue weighted by molar-refractivity contribution is 5.95. The van der Waals surface area contributed by atoms with Crippen molar-refractivity contribution in [2.45, 2.75) is 62.9 Å². The number of nitrogens with zero attached hydrogens (tertiary/aromatic N) is 7. The molecule has 1 spiro atoms. The van der Waals surface area contributed by atoms with Crippen LogP contribution in [-0.4, -0.2) is 58.0 Å². The number of amides is 2.